The molecule has 144 valence electrons. The SMILES string of the molecule is C[C@@H](OC(=O)C(CNCc1ccccc1)Cc1ccccc1)c1ccccc1. The zero-order valence-electron chi connectivity index (χ0n) is 16.3. The lowest BCUT2D eigenvalue weighted by Crippen LogP contribution is -2.32. The van der Waals surface area contributed by atoms with E-state index < -0.39 is 0 Å². The standard InChI is InChI=1S/C25H27NO2/c1-20(23-15-9-4-10-16-23)28-25(27)24(17-21-11-5-2-6-12-21)19-26-18-22-13-7-3-8-14-22/h2-16,20,24,26H,17-19H2,1H3/t20-,24?/m1/s1. The Bertz CT molecular complexity index is 834. The van der Waals surface area contributed by atoms with E-state index in [0.29, 0.717) is 13.0 Å². The summed E-state index contributed by atoms with van der Waals surface area (Å²) in [7, 11) is 0. The van der Waals surface area contributed by atoms with Gasteiger partial charge in [0.2, 0.25) is 0 Å². The van der Waals surface area contributed by atoms with Gasteiger partial charge >= 0.3 is 5.97 Å². The number of benzene rings is 3. The van der Waals surface area contributed by atoms with Crippen molar-refractivity contribution in [2.24, 2.45) is 5.92 Å². The fourth-order valence-electron chi connectivity index (χ4n) is 3.19. The van der Waals surface area contributed by atoms with Crippen LogP contribution in [-0.4, -0.2) is 12.5 Å². The van der Waals surface area contributed by atoms with Crippen molar-refractivity contribution in [3.63, 3.8) is 0 Å². The van der Waals surface area contributed by atoms with Crippen molar-refractivity contribution in [1.29, 1.82) is 0 Å². The van der Waals surface area contributed by atoms with Gasteiger partial charge in [0.05, 0.1) is 5.92 Å². The third kappa shape index (κ3) is 6.07. The number of carbonyl (C=O) groups excluding carboxylic acids is 1. The molecule has 0 amide bonds. The van der Waals surface area contributed by atoms with Crippen molar-refractivity contribution in [2.75, 3.05) is 6.54 Å². The van der Waals surface area contributed by atoms with Gasteiger partial charge in [0, 0.05) is 13.1 Å². The number of nitrogens with one attached hydrogen (secondary N) is 1. The minimum atomic E-state index is -0.263. The van der Waals surface area contributed by atoms with Gasteiger partial charge in [-0.1, -0.05) is 91.0 Å². The fraction of sp³-hybridized carbons (Fsp3) is 0.240. The zero-order chi connectivity index (χ0) is 19.6. The average Bonchev–Trinajstić information content (AvgIpc) is 2.75. The summed E-state index contributed by atoms with van der Waals surface area (Å²) in [5.74, 6) is -0.405. The van der Waals surface area contributed by atoms with Crippen LogP contribution in [0.1, 0.15) is 29.7 Å². The van der Waals surface area contributed by atoms with Crippen LogP contribution >= 0.6 is 0 Å². The van der Waals surface area contributed by atoms with E-state index in [1.807, 2.05) is 73.7 Å². The molecule has 0 saturated heterocycles. The molecule has 0 fully saturated rings. The van der Waals surface area contributed by atoms with Crippen LogP contribution in [0.15, 0.2) is 91.0 Å². The number of hydrogen-bond acceptors (Lipinski definition) is 3. The predicted molar refractivity (Wildman–Crippen MR) is 113 cm³/mol. The van der Waals surface area contributed by atoms with Gasteiger partial charge in [-0.25, -0.2) is 0 Å². The normalized spacial score (nSPS) is 12.9. The third-order valence-corrected chi connectivity index (χ3v) is 4.78. The molecule has 3 aromatic rings. The summed E-state index contributed by atoms with van der Waals surface area (Å²) in [5.41, 5.74) is 3.34. The van der Waals surface area contributed by atoms with Crippen LogP contribution < -0.4 is 5.32 Å². The fourth-order valence-corrected chi connectivity index (χ4v) is 3.19. The Morgan fingerprint density at radius 1 is 0.821 bits per heavy atom. The molecule has 2 atom stereocenters. The monoisotopic (exact) mass is 373 g/mol. The smallest absolute Gasteiger partial charge is 0.311 e. The zero-order valence-corrected chi connectivity index (χ0v) is 16.3. The highest BCUT2D eigenvalue weighted by Crippen LogP contribution is 2.19. The van der Waals surface area contributed by atoms with Gasteiger partial charge in [-0.05, 0) is 30.0 Å². The average molecular weight is 373 g/mol. The van der Waals surface area contributed by atoms with Gasteiger partial charge < -0.3 is 10.1 Å². The second-order valence-corrected chi connectivity index (χ2v) is 6.99. The summed E-state index contributed by atoms with van der Waals surface area (Å²) in [6.07, 6.45) is 0.393. The van der Waals surface area contributed by atoms with E-state index in [-0.39, 0.29) is 18.0 Å². The van der Waals surface area contributed by atoms with Crippen LogP contribution in [0.3, 0.4) is 0 Å². The van der Waals surface area contributed by atoms with Crippen LogP contribution in [0.4, 0.5) is 0 Å². The first kappa shape index (κ1) is 19.8. The van der Waals surface area contributed by atoms with Crippen LogP contribution in [-0.2, 0) is 22.5 Å². The maximum Gasteiger partial charge on any atom is 0.311 e. The molecule has 0 aliphatic rings. The van der Waals surface area contributed by atoms with Crippen molar-refractivity contribution < 1.29 is 9.53 Å². The van der Waals surface area contributed by atoms with Gasteiger partial charge in [-0.3, -0.25) is 4.79 Å². The predicted octanol–water partition coefficient (Wildman–Crippen LogP) is 4.94. The molecule has 1 N–H and O–H groups in total. The number of esters is 1. The van der Waals surface area contributed by atoms with E-state index in [1.165, 1.54) is 5.56 Å². The highest BCUT2D eigenvalue weighted by atomic mass is 16.5. The minimum absolute atomic E-state index is 0.166. The van der Waals surface area contributed by atoms with Gasteiger partial charge in [-0.2, -0.15) is 0 Å². The molecule has 0 aromatic heterocycles. The van der Waals surface area contributed by atoms with Crippen LogP contribution in [0.2, 0.25) is 0 Å². The molecular weight excluding hydrogens is 346 g/mol. The van der Waals surface area contributed by atoms with E-state index in [0.717, 1.165) is 17.7 Å². The summed E-state index contributed by atoms with van der Waals surface area (Å²) in [6, 6.07) is 30.2. The first-order chi connectivity index (χ1) is 13.7. The van der Waals surface area contributed by atoms with Crippen LogP contribution in [0.25, 0.3) is 0 Å². The second-order valence-electron chi connectivity index (χ2n) is 6.99. The van der Waals surface area contributed by atoms with E-state index in [9.17, 15) is 4.79 Å². The van der Waals surface area contributed by atoms with E-state index in [4.69, 9.17) is 4.74 Å². The Balaban J connectivity index is 1.63. The molecule has 3 aromatic carbocycles. The molecule has 0 bridgehead atoms. The molecule has 0 spiro atoms. The third-order valence-electron chi connectivity index (χ3n) is 4.78. The van der Waals surface area contributed by atoms with Gasteiger partial charge in [0.1, 0.15) is 6.10 Å². The van der Waals surface area contributed by atoms with Crippen LogP contribution in [0, 0.1) is 5.92 Å². The lowest BCUT2D eigenvalue weighted by atomic mass is 9.99. The highest BCUT2D eigenvalue weighted by Gasteiger charge is 2.23. The van der Waals surface area contributed by atoms with E-state index in [2.05, 4.69) is 29.6 Å². The summed E-state index contributed by atoms with van der Waals surface area (Å²) in [6.45, 7) is 3.22. The summed E-state index contributed by atoms with van der Waals surface area (Å²) in [5, 5.41) is 3.42. The Morgan fingerprint density at radius 3 is 1.96 bits per heavy atom. The van der Waals surface area contributed by atoms with Crippen molar-refractivity contribution >= 4 is 5.97 Å². The Hall–Kier alpha value is -2.91. The number of hydrogen-bond donors (Lipinski definition) is 1. The number of ether oxygens (including phenoxy) is 1. The first-order valence-corrected chi connectivity index (χ1v) is 9.76. The molecule has 3 nitrogen and oxygen atoms in total. The lowest BCUT2D eigenvalue weighted by Gasteiger charge is -2.20. The van der Waals surface area contributed by atoms with E-state index in [1.54, 1.807) is 0 Å². The van der Waals surface area contributed by atoms with E-state index >= 15 is 0 Å². The molecule has 1 unspecified atom stereocenters. The minimum Gasteiger partial charge on any atom is -0.458 e. The summed E-state index contributed by atoms with van der Waals surface area (Å²) in [4.78, 5) is 12.9. The molecular formula is C25H27NO2. The van der Waals surface area contributed by atoms with Gasteiger partial charge in [-0.15, -0.1) is 0 Å². The molecule has 3 heteroatoms. The van der Waals surface area contributed by atoms with Gasteiger partial charge in [0.15, 0.2) is 0 Å². The Kier molecular flexibility index (Phi) is 7.39. The Labute approximate surface area is 167 Å². The van der Waals surface area contributed by atoms with Crippen molar-refractivity contribution in [3.05, 3.63) is 108 Å². The maximum absolute atomic E-state index is 12.9. The van der Waals surface area contributed by atoms with Gasteiger partial charge in [0.25, 0.3) is 0 Å². The number of carbonyl (C=O) groups is 1. The summed E-state index contributed by atoms with van der Waals surface area (Å²) < 4.78 is 5.79. The Morgan fingerprint density at radius 2 is 1.36 bits per heavy atom. The lowest BCUT2D eigenvalue weighted by molar-refractivity contribution is -0.153. The van der Waals surface area contributed by atoms with Crippen LogP contribution in [0.5, 0.6) is 0 Å². The quantitative estimate of drug-likeness (QED) is 0.540. The largest absolute Gasteiger partial charge is 0.458 e. The summed E-state index contributed by atoms with van der Waals surface area (Å²) >= 11 is 0. The number of rotatable bonds is 9. The first-order valence-electron chi connectivity index (χ1n) is 9.76. The topological polar surface area (TPSA) is 38.3 Å². The maximum atomic E-state index is 12.9. The molecule has 0 radical (unpaired) electrons. The second kappa shape index (κ2) is 10.4. The molecule has 0 heterocycles. The molecule has 28 heavy (non-hydrogen) atoms. The molecule has 0 saturated carbocycles. The molecule has 3 rings (SSSR count). The van der Waals surface area contributed by atoms with Crippen molar-refractivity contribution in [3.8, 4) is 0 Å². The molecule has 0 aliphatic carbocycles. The highest BCUT2D eigenvalue weighted by molar-refractivity contribution is 5.73. The molecule has 0 aliphatic heterocycles. The van der Waals surface area contributed by atoms with Crippen molar-refractivity contribution in [2.45, 2.75) is 26.0 Å². The van der Waals surface area contributed by atoms with Crippen molar-refractivity contribution in [1.82, 2.24) is 5.32 Å².